The highest BCUT2D eigenvalue weighted by molar-refractivity contribution is 5.94. The molecule has 1 N–H and O–H groups in total. The largest absolute Gasteiger partial charge is 0.379 e. The number of nitrogens with one attached hydrogen (secondary N) is 1. The number of ether oxygens (including phenoxy) is 2. The van der Waals surface area contributed by atoms with E-state index in [-0.39, 0.29) is 18.1 Å². The van der Waals surface area contributed by atoms with Gasteiger partial charge in [0.15, 0.2) is 0 Å². The first-order valence-electron chi connectivity index (χ1n) is 8.51. The van der Waals surface area contributed by atoms with Gasteiger partial charge in [0.25, 0.3) is 5.91 Å². The van der Waals surface area contributed by atoms with Gasteiger partial charge in [-0.1, -0.05) is 0 Å². The summed E-state index contributed by atoms with van der Waals surface area (Å²) in [6.07, 6.45) is 4.17. The number of fused-ring (bicyclic) bond motifs is 1. The van der Waals surface area contributed by atoms with Crippen LogP contribution in [0.5, 0.6) is 0 Å². The van der Waals surface area contributed by atoms with E-state index in [1.54, 1.807) is 22.9 Å². The molecule has 0 bridgehead atoms. The maximum Gasteiger partial charge on any atom is 0.270 e. The van der Waals surface area contributed by atoms with Gasteiger partial charge in [-0.2, -0.15) is 0 Å². The third-order valence-electron chi connectivity index (χ3n) is 4.27. The summed E-state index contributed by atoms with van der Waals surface area (Å²) >= 11 is 0. The fraction of sp³-hybridized carbons (Fsp3) is 0.588. The number of aryl methyl sites for hydroxylation is 1. The van der Waals surface area contributed by atoms with Crippen molar-refractivity contribution in [2.24, 2.45) is 0 Å². The molecule has 0 aromatic carbocycles. The van der Waals surface area contributed by atoms with Crippen molar-refractivity contribution in [2.45, 2.75) is 25.5 Å². The summed E-state index contributed by atoms with van der Waals surface area (Å²) in [7, 11) is 4.02. The first-order chi connectivity index (χ1) is 12.1. The Kier molecular flexibility index (Phi) is 5.62. The highest BCUT2D eigenvalue weighted by Gasteiger charge is 2.29. The molecule has 25 heavy (non-hydrogen) atoms. The molecule has 2 aromatic heterocycles. The van der Waals surface area contributed by atoms with E-state index in [1.165, 1.54) is 0 Å². The van der Waals surface area contributed by atoms with Crippen LogP contribution in [0.2, 0.25) is 0 Å². The maximum absolute atomic E-state index is 12.8. The lowest BCUT2D eigenvalue weighted by molar-refractivity contribution is -0.0562. The van der Waals surface area contributed by atoms with Crippen molar-refractivity contribution in [2.75, 3.05) is 40.5 Å². The zero-order chi connectivity index (χ0) is 17.8. The number of imidazole rings is 1. The van der Waals surface area contributed by atoms with Gasteiger partial charge in [-0.25, -0.2) is 9.97 Å². The number of amides is 1. The standard InChI is InChI=1S/C17H25N5O3/c1-12-15(22-7-4-6-18-17(22)19-12)16(23)20-13-11-24-9-5-14(13)25-10-8-21(2)3/h4,6-7,13-14H,5,8-11H2,1-3H3,(H,20,23)/t13-,14+/m1/s1. The summed E-state index contributed by atoms with van der Waals surface area (Å²) in [5.41, 5.74) is 1.15. The first-order valence-corrected chi connectivity index (χ1v) is 8.51. The number of aromatic nitrogens is 3. The molecular weight excluding hydrogens is 322 g/mol. The fourth-order valence-electron chi connectivity index (χ4n) is 2.95. The van der Waals surface area contributed by atoms with Gasteiger partial charge in [0.2, 0.25) is 5.78 Å². The molecule has 0 radical (unpaired) electrons. The van der Waals surface area contributed by atoms with Gasteiger partial charge in [-0.15, -0.1) is 0 Å². The van der Waals surface area contributed by atoms with Gasteiger partial charge >= 0.3 is 0 Å². The topological polar surface area (TPSA) is 81.0 Å². The van der Waals surface area contributed by atoms with Crippen LogP contribution in [0.4, 0.5) is 0 Å². The van der Waals surface area contributed by atoms with Crippen LogP contribution in [-0.4, -0.2) is 77.8 Å². The van der Waals surface area contributed by atoms with Crippen LogP contribution < -0.4 is 5.32 Å². The summed E-state index contributed by atoms with van der Waals surface area (Å²) in [6.45, 7) is 4.38. The zero-order valence-corrected chi connectivity index (χ0v) is 14.9. The Morgan fingerprint density at radius 2 is 2.36 bits per heavy atom. The quantitative estimate of drug-likeness (QED) is 0.820. The number of carbonyl (C=O) groups is 1. The molecule has 3 rings (SSSR count). The molecule has 0 unspecified atom stereocenters. The molecule has 1 amide bonds. The number of carbonyl (C=O) groups excluding carboxylic acids is 1. The van der Waals surface area contributed by atoms with Crippen LogP contribution in [-0.2, 0) is 9.47 Å². The van der Waals surface area contributed by atoms with E-state index < -0.39 is 0 Å². The van der Waals surface area contributed by atoms with E-state index in [0.717, 1.165) is 13.0 Å². The van der Waals surface area contributed by atoms with E-state index in [1.807, 2.05) is 21.0 Å². The Morgan fingerprint density at radius 1 is 1.52 bits per heavy atom. The molecule has 1 aliphatic heterocycles. The fourth-order valence-corrected chi connectivity index (χ4v) is 2.95. The molecule has 0 spiro atoms. The molecule has 1 saturated heterocycles. The average molecular weight is 347 g/mol. The van der Waals surface area contributed by atoms with Crippen LogP contribution >= 0.6 is 0 Å². The van der Waals surface area contributed by atoms with Crippen LogP contribution in [0.25, 0.3) is 5.78 Å². The minimum absolute atomic E-state index is 0.0460. The second-order valence-corrected chi connectivity index (χ2v) is 6.49. The first kappa shape index (κ1) is 17.8. The van der Waals surface area contributed by atoms with Crippen molar-refractivity contribution in [1.29, 1.82) is 0 Å². The van der Waals surface area contributed by atoms with Gasteiger partial charge in [-0.05, 0) is 33.5 Å². The van der Waals surface area contributed by atoms with Crippen molar-refractivity contribution >= 4 is 11.7 Å². The van der Waals surface area contributed by atoms with Crippen LogP contribution in [0, 0.1) is 6.92 Å². The third kappa shape index (κ3) is 4.15. The van der Waals surface area contributed by atoms with E-state index in [0.29, 0.717) is 37.0 Å². The van der Waals surface area contributed by atoms with E-state index in [9.17, 15) is 4.79 Å². The number of rotatable bonds is 6. The lowest BCUT2D eigenvalue weighted by Gasteiger charge is -2.32. The summed E-state index contributed by atoms with van der Waals surface area (Å²) in [6, 6.07) is 1.60. The summed E-state index contributed by atoms with van der Waals surface area (Å²) in [5, 5.41) is 3.05. The lowest BCUT2D eigenvalue weighted by Crippen LogP contribution is -2.51. The van der Waals surface area contributed by atoms with Crippen LogP contribution in [0.1, 0.15) is 22.6 Å². The minimum atomic E-state index is -0.185. The van der Waals surface area contributed by atoms with Crippen molar-refractivity contribution in [3.8, 4) is 0 Å². The second-order valence-electron chi connectivity index (χ2n) is 6.49. The zero-order valence-electron chi connectivity index (χ0n) is 14.9. The van der Waals surface area contributed by atoms with E-state index >= 15 is 0 Å². The molecule has 0 aliphatic carbocycles. The van der Waals surface area contributed by atoms with Crippen LogP contribution in [0.3, 0.4) is 0 Å². The normalized spacial score (nSPS) is 21.0. The van der Waals surface area contributed by atoms with Crippen molar-refractivity contribution in [3.05, 3.63) is 29.8 Å². The predicted molar refractivity (Wildman–Crippen MR) is 92.7 cm³/mol. The van der Waals surface area contributed by atoms with Gasteiger partial charge in [0.05, 0.1) is 31.1 Å². The summed E-state index contributed by atoms with van der Waals surface area (Å²) in [4.78, 5) is 23.4. The van der Waals surface area contributed by atoms with Gasteiger partial charge in [0, 0.05) is 25.5 Å². The molecule has 2 aromatic rings. The Morgan fingerprint density at radius 3 is 3.16 bits per heavy atom. The number of hydrogen-bond donors (Lipinski definition) is 1. The molecular formula is C17H25N5O3. The minimum Gasteiger partial charge on any atom is -0.379 e. The Hall–Kier alpha value is -2.03. The molecule has 136 valence electrons. The highest BCUT2D eigenvalue weighted by Crippen LogP contribution is 2.15. The number of hydrogen-bond acceptors (Lipinski definition) is 6. The highest BCUT2D eigenvalue weighted by atomic mass is 16.5. The number of likely N-dealkylation sites (N-methyl/N-ethyl adjacent to an activating group) is 1. The van der Waals surface area contributed by atoms with Crippen molar-refractivity contribution in [1.82, 2.24) is 24.6 Å². The molecule has 1 fully saturated rings. The van der Waals surface area contributed by atoms with E-state index in [2.05, 4.69) is 20.2 Å². The molecule has 2 atom stereocenters. The Labute approximate surface area is 147 Å². The predicted octanol–water partition coefficient (Wildman–Crippen LogP) is 0.503. The average Bonchev–Trinajstić information content (AvgIpc) is 2.92. The SMILES string of the molecule is Cc1nc2ncccn2c1C(=O)N[C@@H]1COCC[C@@H]1OCCN(C)C. The van der Waals surface area contributed by atoms with Gasteiger partial charge < -0.3 is 19.7 Å². The molecule has 8 heteroatoms. The second kappa shape index (κ2) is 7.90. The maximum atomic E-state index is 12.8. The monoisotopic (exact) mass is 347 g/mol. The van der Waals surface area contributed by atoms with E-state index in [4.69, 9.17) is 9.47 Å². The lowest BCUT2D eigenvalue weighted by atomic mass is 10.1. The van der Waals surface area contributed by atoms with Crippen molar-refractivity contribution < 1.29 is 14.3 Å². The molecule has 1 aliphatic rings. The molecule has 8 nitrogen and oxygen atoms in total. The van der Waals surface area contributed by atoms with Crippen LogP contribution in [0.15, 0.2) is 18.5 Å². The molecule has 0 saturated carbocycles. The van der Waals surface area contributed by atoms with Gasteiger partial charge in [0.1, 0.15) is 5.69 Å². The van der Waals surface area contributed by atoms with Crippen molar-refractivity contribution in [3.63, 3.8) is 0 Å². The number of nitrogens with zero attached hydrogens (tertiary/aromatic N) is 4. The summed E-state index contributed by atoms with van der Waals surface area (Å²) in [5.74, 6) is 0.332. The Bertz CT molecular complexity index is 730. The summed E-state index contributed by atoms with van der Waals surface area (Å²) < 4.78 is 13.2. The third-order valence-corrected chi connectivity index (χ3v) is 4.27. The van der Waals surface area contributed by atoms with Gasteiger partial charge in [-0.3, -0.25) is 9.20 Å². The molecule has 3 heterocycles. The Balaban J connectivity index is 1.70. The smallest absolute Gasteiger partial charge is 0.270 e.